The van der Waals surface area contributed by atoms with E-state index in [1.165, 1.54) is 0 Å². The van der Waals surface area contributed by atoms with E-state index >= 15 is 0 Å². The van der Waals surface area contributed by atoms with Crippen LogP contribution in [0.5, 0.6) is 0 Å². The fraction of sp³-hybridized carbons (Fsp3) is 0.318. The molecule has 1 aromatic carbocycles. The van der Waals surface area contributed by atoms with Gasteiger partial charge >= 0.3 is 0 Å². The lowest BCUT2D eigenvalue weighted by Crippen LogP contribution is -2.27. The second-order valence-electron chi connectivity index (χ2n) is 6.63. The maximum Gasteiger partial charge on any atom is 0.251 e. The lowest BCUT2D eigenvalue weighted by molar-refractivity contribution is 0.0940. The van der Waals surface area contributed by atoms with Crippen LogP contribution in [-0.4, -0.2) is 29.0 Å². The van der Waals surface area contributed by atoms with Crippen molar-refractivity contribution < 1.29 is 4.79 Å². The van der Waals surface area contributed by atoms with E-state index in [4.69, 9.17) is 0 Å². The van der Waals surface area contributed by atoms with E-state index in [-0.39, 0.29) is 11.9 Å². The van der Waals surface area contributed by atoms with Gasteiger partial charge in [0, 0.05) is 47.7 Å². The van der Waals surface area contributed by atoms with E-state index in [0.29, 0.717) is 5.56 Å². The Morgan fingerprint density at radius 1 is 1.21 bits per heavy atom. The summed E-state index contributed by atoms with van der Waals surface area (Å²) in [4.78, 5) is 23.7. The highest BCUT2D eigenvalue weighted by molar-refractivity contribution is 7.10. The molecule has 0 aliphatic carbocycles. The first-order valence-electron chi connectivity index (χ1n) is 9.64. The van der Waals surface area contributed by atoms with Gasteiger partial charge in [0.15, 0.2) is 0 Å². The Morgan fingerprint density at radius 3 is 2.64 bits per heavy atom. The van der Waals surface area contributed by atoms with Gasteiger partial charge in [-0.3, -0.25) is 9.78 Å². The highest BCUT2D eigenvalue weighted by Crippen LogP contribution is 2.25. The van der Waals surface area contributed by atoms with E-state index in [1.54, 1.807) is 23.7 Å². The molecular formula is C22H26N4OS. The van der Waals surface area contributed by atoms with Gasteiger partial charge < -0.3 is 10.2 Å². The van der Waals surface area contributed by atoms with Crippen molar-refractivity contribution in [3.8, 4) is 11.3 Å². The minimum atomic E-state index is -0.158. The number of anilines is 1. The molecule has 0 saturated carbocycles. The first-order valence-corrected chi connectivity index (χ1v) is 10.5. The highest BCUT2D eigenvalue weighted by Gasteiger charge is 2.15. The molecule has 0 fully saturated rings. The number of amides is 1. The molecule has 3 aromatic rings. The summed E-state index contributed by atoms with van der Waals surface area (Å²) in [5.41, 5.74) is 3.67. The van der Waals surface area contributed by atoms with Gasteiger partial charge in [-0.2, -0.15) is 0 Å². The van der Waals surface area contributed by atoms with Crippen LogP contribution in [-0.2, 0) is 0 Å². The summed E-state index contributed by atoms with van der Waals surface area (Å²) in [6.07, 6.45) is 4.64. The second-order valence-corrected chi connectivity index (χ2v) is 7.52. The van der Waals surface area contributed by atoms with Crippen molar-refractivity contribution in [2.24, 2.45) is 0 Å². The van der Waals surface area contributed by atoms with Crippen LogP contribution >= 0.6 is 11.3 Å². The van der Waals surface area contributed by atoms with Gasteiger partial charge in [-0.15, -0.1) is 11.3 Å². The third kappa shape index (κ3) is 4.75. The minimum absolute atomic E-state index is 0.0873. The first kappa shape index (κ1) is 20.0. The number of hydrogen-bond acceptors (Lipinski definition) is 5. The fourth-order valence-corrected chi connectivity index (χ4v) is 3.87. The van der Waals surface area contributed by atoms with Crippen LogP contribution in [0.4, 0.5) is 5.69 Å². The molecule has 0 bridgehead atoms. The summed E-state index contributed by atoms with van der Waals surface area (Å²) in [7, 11) is 0. The predicted octanol–water partition coefficient (Wildman–Crippen LogP) is 4.93. The summed E-state index contributed by atoms with van der Waals surface area (Å²) < 4.78 is 0. The summed E-state index contributed by atoms with van der Waals surface area (Å²) in [6, 6.07) is 11.5. The van der Waals surface area contributed by atoms with E-state index in [1.807, 2.05) is 48.7 Å². The van der Waals surface area contributed by atoms with Crippen LogP contribution in [0, 0.1) is 0 Å². The molecule has 2 aromatic heterocycles. The number of aromatic nitrogens is 2. The van der Waals surface area contributed by atoms with Gasteiger partial charge in [0.05, 0.1) is 11.7 Å². The van der Waals surface area contributed by atoms with Crippen molar-refractivity contribution in [3.05, 3.63) is 64.7 Å². The molecule has 0 saturated heterocycles. The van der Waals surface area contributed by atoms with Crippen molar-refractivity contribution in [1.82, 2.24) is 15.3 Å². The number of nitrogens with one attached hydrogen (secondary N) is 1. The van der Waals surface area contributed by atoms with Crippen LogP contribution in [0.15, 0.2) is 54.2 Å². The largest absolute Gasteiger partial charge is 0.372 e. The molecule has 5 nitrogen and oxygen atoms in total. The van der Waals surface area contributed by atoms with Crippen molar-refractivity contribution >= 4 is 22.9 Å². The molecular weight excluding hydrogens is 368 g/mol. The molecule has 1 N–H and O–H groups in total. The smallest absolute Gasteiger partial charge is 0.251 e. The number of hydrogen-bond donors (Lipinski definition) is 1. The first-order chi connectivity index (χ1) is 13.6. The van der Waals surface area contributed by atoms with Crippen LogP contribution in [0.3, 0.4) is 0 Å². The Kier molecular flexibility index (Phi) is 6.76. The lowest BCUT2D eigenvalue weighted by atomic mass is 10.1. The molecule has 1 unspecified atom stereocenters. The monoisotopic (exact) mass is 394 g/mol. The van der Waals surface area contributed by atoms with E-state index in [9.17, 15) is 4.79 Å². The Hall–Kier alpha value is -2.73. The molecule has 28 heavy (non-hydrogen) atoms. The highest BCUT2D eigenvalue weighted by atomic mass is 32.1. The van der Waals surface area contributed by atoms with E-state index < -0.39 is 0 Å². The molecule has 0 aliphatic rings. The van der Waals surface area contributed by atoms with Crippen molar-refractivity contribution in [3.63, 3.8) is 0 Å². The van der Waals surface area contributed by atoms with Crippen molar-refractivity contribution in [2.75, 3.05) is 18.0 Å². The molecule has 6 heteroatoms. The van der Waals surface area contributed by atoms with Crippen LogP contribution < -0.4 is 10.2 Å². The average Bonchev–Trinajstić information content (AvgIpc) is 3.23. The summed E-state index contributed by atoms with van der Waals surface area (Å²) in [5.74, 6) is -0.0873. The SMILES string of the molecule is CCCN(CC)c1ccc(C(=O)NC(C)c2nc(-c3cccnc3)cs2)cc1. The zero-order valence-electron chi connectivity index (χ0n) is 16.6. The van der Waals surface area contributed by atoms with Crippen LogP contribution in [0.1, 0.15) is 48.6 Å². The molecule has 0 radical (unpaired) electrons. The van der Waals surface area contributed by atoms with Crippen LogP contribution in [0.25, 0.3) is 11.3 Å². The number of carbonyl (C=O) groups excluding carboxylic acids is 1. The third-order valence-electron chi connectivity index (χ3n) is 4.57. The van der Waals surface area contributed by atoms with Crippen molar-refractivity contribution in [1.29, 1.82) is 0 Å². The molecule has 0 aliphatic heterocycles. The van der Waals surface area contributed by atoms with Crippen LogP contribution in [0.2, 0.25) is 0 Å². The van der Waals surface area contributed by atoms with Gasteiger partial charge in [0.2, 0.25) is 0 Å². The Labute approximate surface area is 170 Å². The lowest BCUT2D eigenvalue weighted by Gasteiger charge is -2.22. The third-order valence-corrected chi connectivity index (χ3v) is 5.59. The normalized spacial score (nSPS) is 11.8. The van der Waals surface area contributed by atoms with Gasteiger partial charge in [-0.1, -0.05) is 6.92 Å². The number of carbonyl (C=O) groups is 1. The number of pyridine rings is 1. The average molecular weight is 395 g/mol. The van der Waals surface area contributed by atoms with Gasteiger partial charge in [0.25, 0.3) is 5.91 Å². The minimum Gasteiger partial charge on any atom is -0.372 e. The predicted molar refractivity (Wildman–Crippen MR) is 116 cm³/mol. The van der Waals surface area contributed by atoms with Gasteiger partial charge in [-0.25, -0.2) is 4.98 Å². The van der Waals surface area contributed by atoms with E-state index in [0.717, 1.165) is 41.5 Å². The molecule has 1 amide bonds. The molecule has 0 spiro atoms. The zero-order valence-corrected chi connectivity index (χ0v) is 17.4. The number of thiazole rings is 1. The maximum atomic E-state index is 12.6. The molecule has 2 heterocycles. The number of benzene rings is 1. The Bertz CT molecular complexity index is 892. The molecule has 3 rings (SSSR count). The second kappa shape index (κ2) is 9.46. The standard InChI is InChI=1S/C22H26N4OS/c1-4-13-26(5-2)19-10-8-17(9-11-19)21(27)24-16(3)22-25-20(15-28-22)18-7-6-12-23-14-18/h6-12,14-16H,4-5,13H2,1-3H3,(H,24,27). The summed E-state index contributed by atoms with van der Waals surface area (Å²) >= 11 is 1.54. The number of rotatable bonds is 8. The number of nitrogens with zero attached hydrogens (tertiary/aromatic N) is 3. The summed E-state index contributed by atoms with van der Waals surface area (Å²) in [6.45, 7) is 8.25. The maximum absolute atomic E-state index is 12.6. The summed E-state index contributed by atoms with van der Waals surface area (Å²) in [5, 5.41) is 5.92. The van der Waals surface area contributed by atoms with Crippen molar-refractivity contribution in [2.45, 2.75) is 33.2 Å². The van der Waals surface area contributed by atoms with E-state index in [2.05, 4.69) is 34.0 Å². The zero-order chi connectivity index (χ0) is 19.9. The topological polar surface area (TPSA) is 58.1 Å². The quantitative estimate of drug-likeness (QED) is 0.588. The fourth-order valence-electron chi connectivity index (χ4n) is 3.04. The van der Waals surface area contributed by atoms with Gasteiger partial charge in [-0.05, 0) is 56.7 Å². The van der Waals surface area contributed by atoms with Gasteiger partial charge in [0.1, 0.15) is 5.01 Å². The molecule has 1 atom stereocenters. The Balaban J connectivity index is 1.65. The Morgan fingerprint density at radius 2 is 2.00 bits per heavy atom. The molecule has 146 valence electrons.